The Bertz CT molecular complexity index is 1540. The molecular formula is C25H26Cl2N8O. The van der Waals surface area contributed by atoms with Gasteiger partial charge in [0.15, 0.2) is 5.65 Å². The Morgan fingerprint density at radius 2 is 1.97 bits per heavy atom. The topological polar surface area (TPSA) is 106 Å². The smallest absolute Gasteiger partial charge is 0.333 e. The summed E-state index contributed by atoms with van der Waals surface area (Å²) in [5.74, 6) is 0.321. The molecule has 0 unspecified atom stereocenters. The average molecular weight is 525 g/mol. The number of nitrogens with one attached hydrogen (secondary N) is 3. The van der Waals surface area contributed by atoms with E-state index in [0.717, 1.165) is 42.7 Å². The second kappa shape index (κ2) is 9.93. The molecule has 9 nitrogen and oxygen atoms in total. The summed E-state index contributed by atoms with van der Waals surface area (Å²) in [7, 11) is 4.16. The number of hydrogen-bond acceptors (Lipinski definition) is 7. The van der Waals surface area contributed by atoms with E-state index in [9.17, 15) is 4.79 Å². The van der Waals surface area contributed by atoms with E-state index in [1.54, 1.807) is 18.2 Å². The first-order chi connectivity index (χ1) is 17.3. The Morgan fingerprint density at radius 1 is 1.19 bits per heavy atom. The molecule has 0 fully saturated rings. The van der Waals surface area contributed by atoms with Gasteiger partial charge in [0.25, 0.3) is 0 Å². The lowest BCUT2D eigenvalue weighted by molar-refractivity contribution is 0.411. The average Bonchev–Trinajstić information content (AvgIpc) is 2.84. The van der Waals surface area contributed by atoms with Crippen LogP contribution in [-0.2, 0) is 6.42 Å². The minimum Gasteiger partial charge on any atom is -0.370 e. The maximum atomic E-state index is 12.9. The van der Waals surface area contributed by atoms with Crippen molar-refractivity contribution >= 4 is 51.6 Å². The highest BCUT2D eigenvalue weighted by molar-refractivity contribution is 6.37. The second-order valence-corrected chi connectivity index (χ2v) is 9.82. The van der Waals surface area contributed by atoms with Gasteiger partial charge in [-0.1, -0.05) is 35.3 Å². The number of likely N-dealkylation sites (N-methyl/N-ethyl adjacent to an activating group) is 1. The van der Waals surface area contributed by atoms with Crippen LogP contribution in [0.25, 0.3) is 16.7 Å². The van der Waals surface area contributed by atoms with Gasteiger partial charge in [-0.25, -0.2) is 14.3 Å². The van der Waals surface area contributed by atoms with Crippen molar-refractivity contribution in [3.63, 3.8) is 0 Å². The van der Waals surface area contributed by atoms with Crippen molar-refractivity contribution in [2.24, 2.45) is 0 Å². The highest BCUT2D eigenvalue weighted by Crippen LogP contribution is 2.31. The fourth-order valence-corrected chi connectivity index (χ4v) is 4.98. The van der Waals surface area contributed by atoms with Crippen molar-refractivity contribution in [2.45, 2.75) is 12.8 Å². The Morgan fingerprint density at radius 3 is 2.72 bits per heavy atom. The van der Waals surface area contributed by atoms with Gasteiger partial charge in [0, 0.05) is 37.2 Å². The van der Waals surface area contributed by atoms with Crippen LogP contribution in [0.5, 0.6) is 0 Å². The van der Waals surface area contributed by atoms with Crippen molar-refractivity contribution in [3.05, 3.63) is 74.2 Å². The lowest BCUT2D eigenvalue weighted by Gasteiger charge is -2.32. The summed E-state index contributed by atoms with van der Waals surface area (Å²) in [4.78, 5) is 29.1. The molecule has 1 aliphatic heterocycles. The van der Waals surface area contributed by atoms with Crippen LogP contribution in [0.3, 0.4) is 0 Å². The van der Waals surface area contributed by atoms with Crippen molar-refractivity contribution in [1.29, 1.82) is 5.41 Å². The maximum Gasteiger partial charge on any atom is 0.333 e. The lowest BCUT2D eigenvalue weighted by atomic mass is 10.0. The molecule has 1 aliphatic rings. The molecule has 0 bridgehead atoms. The van der Waals surface area contributed by atoms with Crippen LogP contribution in [0.1, 0.15) is 12.0 Å². The van der Waals surface area contributed by atoms with Gasteiger partial charge in [-0.05, 0) is 56.8 Å². The van der Waals surface area contributed by atoms with Crippen molar-refractivity contribution in [2.75, 3.05) is 43.9 Å². The number of halogens is 2. The molecule has 0 atom stereocenters. The summed E-state index contributed by atoms with van der Waals surface area (Å²) in [6.45, 7) is 2.96. The van der Waals surface area contributed by atoms with E-state index < -0.39 is 5.69 Å². The SMILES string of the molecule is CN(C)CCN1CCCc2ccc(Nc3ncc4c(=N)n(-c5c(Cl)cccc5Cl)c(=O)[nH]c4n3)cc21. The normalized spacial score (nSPS) is 13.3. The first kappa shape index (κ1) is 24.3. The number of H-pyrrole nitrogens is 1. The molecule has 3 heterocycles. The van der Waals surface area contributed by atoms with Gasteiger partial charge >= 0.3 is 5.69 Å². The van der Waals surface area contributed by atoms with Crippen LogP contribution in [0, 0.1) is 5.41 Å². The molecule has 3 N–H and O–H groups in total. The molecule has 4 aromatic rings. The Hall–Kier alpha value is -3.40. The summed E-state index contributed by atoms with van der Waals surface area (Å²) in [6.07, 6.45) is 3.71. The Kier molecular flexibility index (Phi) is 6.70. The number of anilines is 3. The number of benzene rings is 2. The van der Waals surface area contributed by atoms with Crippen molar-refractivity contribution in [1.82, 2.24) is 24.4 Å². The predicted molar refractivity (Wildman–Crippen MR) is 144 cm³/mol. The number of fused-ring (bicyclic) bond motifs is 2. The molecule has 0 spiro atoms. The van der Waals surface area contributed by atoms with Gasteiger partial charge in [-0.3, -0.25) is 10.4 Å². The number of rotatable bonds is 6. The van der Waals surface area contributed by atoms with Gasteiger partial charge in [-0.15, -0.1) is 0 Å². The molecule has 36 heavy (non-hydrogen) atoms. The zero-order valence-corrected chi connectivity index (χ0v) is 21.5. The number of aryl methyl sites for hydroxylation is 1. The number of hydrogen-bond donors (Lipinski definition) is 3. The molecule has 11 heteroatoms. The molecular weight excluding hydrogens is 499 g/mol. The number of para-hydroxylation sites is 1. The Labute approximate surface area is 217 Å². The minimum absolute atomic E-state index is 0.111. The fourth-order valence-electron chi connectivity index (χ4n) is 4.42. The molecule has 186 valence electrons. The second-order valence-electron chi connectivity index (χ2n) is 9.00. The van der Waals surface area contributed by atoms with E-state index in [4.69, 9.17) is 28.6 Å². The minimum atomic E-state index is -0.572. The third-order valence-electron chi connectivity index (χ3n) is 6.23. The van der Waals surface area contributed by atoms with Crippen molar-refractivity contribution < 1.29 is 0 Å². The monoisotopic (exact) mass is 524 g/mol. The highest BCUT2D eigenvalue weighted by atomic mass is 35.5. The molecule has 2 aromatic carbocycles. The summed E-state index contributed by atoms with van der Waals surface area (Å²) in [6, 6.07) is 11.2. The molecule has 0 radical (unpaired) electrons. The molecule has 2 aromatic heterocycles. The van der Waals surface area contributed by atoms with Gasteiger partial charge in [0.1, 0.15) is 5.49 Å². The van der Waals surface area contributed by atoms with Gasteiger partial charge in [-0.2, -0.15) is 4.98 Å². The van der Waals surface area contributed by atoms with E-state index in [1.807, 2.05) is 6.07 Å². The van der Waals surface area contributed by atoms with Crippen LogP contribution >= 0.6 is 23.2 Å². The summed E-state index contributed by atoms with van der Waals surface area (Å²) in [5, 5.41) is 12.7. The van der Waals surface area contributed by atoms with Gasteiger partial charge in [0.05, 0.1) is 21.1 Å². The van der Waals surface area contributed by atoms with E-state index in [-0.39, 0.29) is 26.9 Å². The largest absolute Gasteiger partial charge is 0.370 e. The summed E-state index contributed by atoms with van der Waals surface area (Å²) >= 11 is 12.6. The highest BCUT2D eigenvalue weighted by Gasteiger charge is 2.18. The molecule has 0 saturated heterocycles. The molecule has 5 rings (SSSR count). The molecule has 0 aliphatic carbocycles. The standard InChI is InChI=1S/C25H26Cl2N8O/c1-33(2)11-12-34-10-4-5-15-8-9-16(13-20(15)34)30-24-29-14-17-22(28)35(25(36)32-23(17)31-24)21-18(26)6-3-7-19(21)27/h3,6-9,13-14,28H,4-5,10-12H2,1-2H3,(H2,29,30,31,32,36). The van der Waals surface area contributed by atoms with Crippen LogP contribution in [0.15, 0.2) is 47.4 Å². The van der Waals surface area contributed by atoms with Crippen LogP contribution in [-0.4, -0.2) is 58.1 Å². The zero-order valence-electron chi connectivity index (χ0n) is 20.0. The third-order valence-corrected chi connectivity index (χ3v) is 6.84. The first-order valence-electron chi connectivity index (χ1n) is 11.6. The van der Waals surface area contributed by atoms with E-state index in [1.165, 1.54) is 17.4 Å². The third kappa shape index (κ3) is 4.69. The van der Waals surface area contributed by atoms with Crippen LogP contribution < -0.4 is 21.4 Å². The molecule has 0 saturated carbocycles. The van der Waals surface area contributed by atoms with E-state index in [0.29, 0.717) is 11.3 Å². The summed E-state index contributed by atoms with van der Waals surface area (Å²) in [5.41, 5.74) is 3.20. The number of aromatic amines is 1. The van der Waals surface area contributed by atoms with Gasteiger partial charge < -0.3 is 15.1 Å². The van der Waals surface area contributed by atoms with Crippen molar-refractivity contribution in [3.8, 4) is 5.69 Å². The Balaban J connectivity index is 1.48. The lowest BCUT2D eigenvalue weighted by Crippen LogP contribution is -2.35. The summed E-state index contributed by atoms with van der Waals surface area (Å²) < 4.78 is 1.12. The number of nitrogens with zero attached hydrogens (tertiary/aromatic N) is 5. The van der Waals surface area contributed by atoms with Crippen LogP contribution in [0.2, 0.25) is 10.0 Å². The maximum absolute atomic E-state index is 12.9. The van der Waals surface area contributed by atoms with Crippen LogP contribution in [0.4, 0.5) is 17.3 Å². The number of aromatic nitrogens is 4. The quantitative estimate of drug-likeness (QED) is 0.352. The van der Waals surface area contributed by atoms with E-state index in [2.05, 4.69) is 56.3 Å². The van der Waals surface area contributed by atoms with E-state index >= 15 is 0 Å². The fraction of sp³-hybridized carbons (Fsp3) is 0.280. The first-order valence-corrected chi connectivity index (χ1v) is 12.4. The predicted octanol–water partition coefficient (Wildman–Crippen LogP) is 3.95. The zero-order chi connectivity index (χ0) is 25.4. The van der Waals surface area contributed by atoms with Gasteiger partial charge in [0.2, 0.25) is 5.95 Å². The molecule has 0 amide bonds.